The summed E-state index contributed by atoms with van der Waals surface area (Å²) in [5, 5.41) is 6.28. The van der Waals surface area contributed by atoms with E-state index in [0.717, 1.165) is 36.4 Å². The first-order chi connectivity index (χ1) is 10.1. The summed E-state index contributed by atoms with van der Waals surface area (Å²) < 4.78 is 5.46. The zero-order valence-corrected chi connectivity index (χ0v) is 12.3. The molecule has 0 saturated heterocycles. The topological polar surface area (TPSA) is 67.2 Å². The van der Waals surface area contributed by atoms with E-state index in [4.69, 9.17) is 4.42 Å². The Morgan fingerprint density at radius 2 is 2.33 bits per heavy atom. The highest BCUT2D eigenvalue weighted by atomic mass is 16.4. The van der Waals surface area contributed by atoms with Gasteiger partial charge in [0, 0.05) is 12.1 Å². The lowest BCUT2D eigenvalue weighted by Gasteiger charge is -2.20. The summed E-state index contributed by atoms with van der Waals surface area (Å²) in [7, 11) is 0. The SMILES string of the molecule is Cc1cnc(C(C)NC(=O)c2cccc3c2CCNC3)o1. The number of hydrogen-bond acceptors (Lipinski definition) is 4. The third kappa shape index (κ3) is 2.83. The second kappa shape index (κ2) is 5.69. The van der Waals surface area contributed by atoms with Crippen LogP contribution in [-0.2, 0) is 13.0 Å². The first-order valence-corrected chi connectivity index (χ1v) is 7.20. The minimum absolute atomic E-state index is 0.0721. The zero-order valence-electron chi connectivity index (χ0n) is 12.3. The second-order valence-electron chi connectivity index (χ2n) is 5.37. The lowest BCUT2D eigenvalue weighted by molar-refractivity contribution is 0.0932. The summed E-state index contributed by atoms with van der Waals surface area (Å²) in [5.41, 5.74) is 3.10. The normalized spacial score (nSPS) is 15.3. The molecule has 0 fully saturated rings. The van der Waals surface area contributed by atoms with Crippen LogP contribution in [0.5, 0.6) is 0 Å². The van der Waals surface area contributed by atoms with Crippen molar-refractivity contribution in [2.24, 2.45) is 0 Å². The number of amides is 1. The molecule has 5 heteroatoms. The largest absolute Gasteiger partial charge is 0.444 e. The Hall–Kier alpha value is -2.14. The van der Waals surface area contributed by atoms with Crippen LogP contribution in [0.2, 0.25) is 0 Å². The van der Waals surface area contributed by atoms with Crippen molar-refractivity contribution < 1.29 is 9.21 Å². The fraction of sp³-hybridized carbons (Fsp3) is 0.375. The van der Waals surface area contributed by atoms with E-state index in [1.54, 1.807) is 6.20 Å². The van der Waals surface area contributed by atoms with E-state index in [0.29, 0.717) is 5.89 Å². The highest BCUT2D eigenvalue weighted by molar-refractivity contribution is 5.96. The van der Waals surface area contributed by atoms with Crippen molar-refractivity contribution in [2.45, 2.75) is 32.9 Å². The third-order valence-electron chi connectivity index (χ3n) is 3.74. The van der Waals surface area contributed by atoms with Gasteiger partial charge in [-0.2, -0.15) is 0 Å². The van der Waals surface area contributed by atoms with Gasteiger partial charge in [0.15, 0.2) is 0 Å². The molecular formula is C16H19N3O2. The van der Waals surface area contributed by atoms with Gasteiger partial charge in [-0.3, -0.25) is 4.79 Å². The van der Waals surface area contributed by atoms with Gasteiger partial charge in [0.25, 0.3) is 5.91 Å². The Kier molecular flexibility index (Phi) is 3.75. The molecule has 1 atom stereocenters. The Morgan fingerprint density at radius 3 is 3.10 bits per heavy atom. The van der Waals surface area contributed by atoms with Crippen LogP contribution in [-0.4, -0.2) is 17.4 Å². The quantitative estimate of drug-likeness (QED) is 0.906. The predicted octanol–water partition coefficient (Wildman–Crippen LogP) is 2.12. The number of nitrogens with zero attached hydrogens (tertiary/aromatic N) is 1. The van der Waals surface area contributed by atoms with Crippen LogP contribution in [0.15, 0.2) is 28.8 Å². The Labute approximate surface area is 123 Å². The van der Waals surface area contributed by atoms with Gasteiger partial charge in [-0.05, 0) is 44.0 Å². The number of fused-ring (bicyclic) bond motifs is 1. The first kappa shape index (κ1) is 13.8. The molecular weight excluding hydrogens is 266 g/mol. The smallest absolute Gasteiger partial charge is 0.252 e. The van der Waals surface area contributed by atoms with Gasteiger partial charge < -0.3 is 15.1 Å². The van der Waals surface area contributed by atoms with E-state index < -0.39 is 0 Å². The molecule has 5 nitrogen and oxygen atoms in total. The summed E-state index contributed by atoms with van der Waals surface area (Å²) >= 11 is 0. The average molecular weight is 285 g/mol. The lowest BCUT2D eigenvalue weighted by Crippen LogP contribution is -2.31. The molecule has 1 aromatic heterocycles. The van der Waals surface area contributed by atoms with Crippen LogP contribution in [0.25, 0.3) is 0 Å². The monoisotopic (exact) mass is 285 g/mol. The molecule has 0 bridgehead atoms. The van der Waals surface area contributed by atoms with Gasteiger partial charge in [-0.15, -0.1) is 0 Å². The van der Waals surface area contributed by atoms with E-state index in [9.17, 15) is 4.79 Å². The number of benzene rings is 1. The van der Waals surface area contributed by atoms with E-state index in [1.165, 1.54) is 5.56 Å². The number of nitrogens with one attached hydrogen (secondary N) is 2. The summed E-state index contributed by atoms with van der Waals surface area (Å²) in [6, 6.07) is 5.64. The molecule has 0 radical (unpaired) electrons. The Morgan fingerprint density at radius 1 is 1.48 bits per heavy atom. The standard InChI is InChI=1S/C16H19N3O2/c1-10-8-18-16(21-10)11(2)19-15(20)14-5-3-4-12-9-17-7-6-13(12)14/h3-5,8,11,17H,6-7,9H2,1-2H3,(H,19,20). The Bertz CT molecular complexity index is 663. The fourth-order valence-corrected chi connectivity index (χ4v) is 2.65. The van der Waals surface area contributed by atoms with Crippen molar-refractivity contribution in [3.63, 3.8) is 0 Å². The van der Waals surface area contributed by atoms with Gasteiger partial charge in [0.2, 0.25) is 5.89 Å². The lowest BCUT2D eigenvalue weighted by atomic mass is 9.95. The molecule has 21 heavy (non-hydrogen) atoms. The highest BCUT2D eigenvalue weighted by Gasteiger charge is 2.20. The van der Waals surface area contributed by atoms with Crippen LogP contribution in [0, 0.1) is 6.92 Å². The number of carbonyl (C=O) groups is 1. The summed E-state index contributed by atoms with van der Waals surface area (Å²) in [6.07, 6.45) is 2.54. The number of oxazole rings is 1. The number of carbonyl (C=O) groups excluding carboxylic acids is 1. The highest BCUT2D eigenvalue weighted by Crippen LogP contribution is 2.20. The summed E-state index contributed by atoms with van der Waals surface area (Å²) in [5.74, 6) is 1.21. The minimum atomic E-state index is -0.247. The average Bonchev–Trinajstić information content (AvgIpc) is 2.93. The van der Waals surface area contributed by atoms with Crippen molar-refractivity contribution in [1.82, 2.24) is 15.6 Å². The minimum Gasteiger partial charge on any atom is -0.444 e. The molecule has 110 valence electrons. The number of hydrogen-bond donors (Lipinski definition) is 2. The van der Waals surface area contributed by atoms with Crippen molar-refractivity contribution in [3.05, 3.63) is 52.7 Å². The van der Waals surface area contributed by atoms with Gasteiger partial charge in [-0.1, -0.05) is 12.1 Å². The van der Waals surface area contributed by atoms with Crippen LogP contribution in [0.3, 0.4) is 0 Å². The van der Waals surface area contributed by atoms with Crippen LogP contribution in [0.1, 0.15) is 46.1 Å². The van der Waals surface area contributed by atoms with E-state index in [1.807, 2.05) is 26.0 Å². The summed E-state index contributed by atoms with van der Waals surface area (Å²) in [6.45, 7) is 5.45. The zero-order chi connectivity index (χ0) is 14.8. The molecule has 2 N–H and O–H groups in total. The molecule has 1 unspecified atom stereocenters. The number of rotatable bonds is 3. The third-order valence-corrected chi connectivity index (χ3v) is 3.74. The molecule has 1 aliphatic rings. The molecule has 1 aliphatic heterocycles. The van der Waals surface area contributed by atoms with Gasteiger partial charge >= 0.3 is 0 Å². The van der Waals surface area contributed by atoms with Crippen molar-refractivity contribution in [2.75, 3.05) is 6.54 Å². The molecule has 1 aromatic carbocycles. The van der Waals surface area contributed by atoms with Gasteiger partial charge in [0.1, 0.15) is 11.8 Å². The van der Waals surface area contributed by atoms with Crippen molar-refractivity contribution in [3.8, 4) is 0 Å². The van der Waals surface area contributed by atoms with Gasteiger partial charge in [-0.25, -0.2) is 4.98 Å². The Balaban J connectivity index is 1.79. The molecule has 3 rings (SSSR count). The molecule has 0 spiro atoms. The maximum Gasteiger partial charge on any atom is 0.252 e. The maximum absolute atomic E-state index is 12.5. The number of aromatic nitrogens is 1. The van der Waals surface area contributed by atoms with E-state index in [-0.39, 0.29) is 11.9 Å². The molecule has 1 amide bonds. The van der Waals surface area contributed by atoms with Crippen LogP contribution < -0.4 is 10.6 Å². The fourth-order valence-electron chi connectivity index (χ4n) is 2.65. The predicted molar refractivity (Wildman–Crippen MR) is 79.0 cm³/mol. The molecule has 2 heterocycles. The second-order valence-corrected chi connectivity index (χ2v) is 5.37. The summed E-state index contributed by atoms with van der Waals surface area (Å²) in [4.78, 5) is 16.7. The van der Waals surface area contributed by atoms with Crippen LogP contribution >= 0.6 is 0 Å². The molecule has 0 saturated carbocycles. The molecule has 2 aromatic rings. The van der Waals surface area contributed by atoms with Crippen molar-refractivity contribution in [1.29, 1.82) is 0 Å². The van der Waals surface area contributed by atoms with E-state index >= 15 is 0 Å². The molecule has 0 aliphatic carbocycles. The van der Waals surface area contributed by atoms with E-state index in [2.05, 4.69) is 21.7 Å². The number of aryl methyl sites for hydroxylation is 1. The van der Waals surface area contributed by atoms with Crippen LogP contribution in [0.4, 0.5) is 0 Å². The van der Waals surface area contributed by atoms with Gasteiger partial charge in [0.05, 0.1) is 6.20 Å². The maximum atomic E-state index is 12.5. The first-order valence-electron chi connectivity index (χ1n) is 7.20. The van der Waals surface area contributed by atoms with Crippen molar-refractivity contribution >= 4 is 5.91 Å².